The van der Waals surface area contributed by atoms with Crippen LogP contribution in [0, 0.1) is 0 Å². The Hall–Kier alpha value is -2.39. The van der Waals surface area contributed by atoms with Crippen LogP contribution in [0.4, 0.5) is 11.5 Å². The van der Waals surface area contributed by atoms with Gasteiger partial charge in [-0.3, -0.25) is 9.52 Å². The van der Waals surface area contributed by atoms with Gasteiger partial charge in [0.05, 0.1) is 5.69 Å². The van der Waals surface area contributed by atoms with Crippen molar-refractivity contribution >= 4 is 39.0 Å². The highest BCUT2D eigenvalue weighted by Gasteiger charge is 2.19. The highest BCUT2D eigenvalue weighted by Crippen LogP contribution is 2.22. The van der Waals surface area contributed by atoms with Crippen LogP contribution in [0.3, 0.4) is 0 Å². The number of primary amides is 1. The van der Waals surface area contributed by atoms with Gasteiger partial charge >= 0.3 is 0 Å². The summed E-state index contributed by atoms with van der Waals surface area (Å²) in [7, 11) is -3.98. The van der Waals surface area contributed by atoms with E-state index >= 15 is 0 Å². The van der Waals surface area contributed by atoms with Gasteiger partial charge in [-0.2, -0.15) is 0 Å². The lowest BCUT2D eigenvalue weighted by Crippen LogP contribution is -2.17. The Balaban J connectivity index is 2.38. The van der Waals surface area contributed by atoms with Crippen molar-refractivity contribution in [3.63, 3.8) is 0 Å². The van der Waals surface area contributed by atoms with Crippen LogP contribution >= 0.6 is 11.6 Å². The molecule has 2 aromatic rings. The fraction of sp³-hybridized carbons (Fsp3) is 0. The molecule has 10 heteroatoms. The molecular formula is C11H10ClN5O3S. The molecule has 0 aliphatic rings. The van der Waals surface area contributed by atoms with Gasteiger partial charge in [-0.15, -0.1) is 0 Å². The fourth-order valence-corrected chi connectivity index (χ4v) is 2.79. The minimum absolute atomic E-state index is 0.00613. The van der Waals surface area contributed by atoms with Crippen molar-refractivity contribution < 1.29 is 13.2 Å². The van der Waals surface area contributed by atoms with E-state index in [1.807, 2.05) is 0 Å². The number of hydrogen-bond donors (Lipinski definition) is 3. The molecule has 1 aromatic carbocycles. The molecular weight excluding hydrogens is 318 g/mol. The van der Waals surface area contributed by atoms with Gasteiger partial charge in [-0.1, -0.05) is 11.6 Å². The molecule has 8 nitrogen and oxygen atoms in total. The summed E-state index contributed by atoms with van der Waals surface area (Å²) in [6.07, 6.45) is 1.11. The second-order valence-electron chi connectivity index (χ2n) is 3.95. The van der Waals surface area contributed by atoms with Crippen LogP contribution in [0.1, 0.15) is 10.4 Å². The van der Waals surface area contributed by atoms with Crippen molar-refractivity contribution in [2.45, 2.75) is 4.90 Å². The van der Waals surface area contributed by atoms with Gasteiger partial charge in [-0.25, -0.2) is 18.4 Å². The van der Waals surface area contributed by atoms with Gasteiger partial charge in [0.1, 0.15) is 22.2 Å². The molecule has 0 aliphatic heterocycles. The standard InChI is InChI=1S/C11H10ClN5O3S/c12-9-4-10(16-5-15-9)17-21(19,20)8-2-1-6(11(14)18)3-7(8)13/h1-5H,13H2,(H2,14,18)(H,15,16,17). The van der Waals surface area contributed by atoms with Gasteiger partial charge in [0.2, 0.25) is 5.91 Å². The smallest absolute Gasteiger partial charge is 0.265 e. The largest absolute Gasteiger partial charge is 0.398 e. The molecule has 0 unspecified atom stereocenters. The summed E-state index contributed by atoms with van der Waals surface area (Å²) in [5.41, 5.74) is 10.7. The van der Waals surface area contributed by atoms with Gasteiger partial charge in [0, 0.05) is 11.6 Å². The molecule has 0 fully saturated rings. The summed E-state index contributed by atoms with van der Waals surface area (Å²) in [5, 5.41) is 0.0831. The zero-order chi connectivity index (χ0) is 15.6. The molecule has 2 rings (SSSR count). The topological polar surface area (TPSA) is 141 Å². The third-order valence-electron chi connectivity index (χ3n) is 2.46. The maximum Gasteiger partial charge on any atom is 0.265 e. The van der Waals surface area contributed by atoms with Crippen LogP contribution in [-0.2, 0) is 10.0 Å². The van der Waals surface area contributed by atoms with Crippen molar-refractivity contribution in [3.05, 3.63) is 41.3 Å². The minimum atomic E-state index is -3.98. The number of halogens is 1. The van der Waals surface area contributed by atoms with Crippen molar-refractivity contribution in [1.82, 2.24) is 9.97 Å². The normalized spacial score (nSPS) is 11.1. The molecule has 0 aliphatic carbocycles. The number of anilines is 2. The van der Waals surface area contributed by atoms with Crippen molar-refractivity contribution in [2.75, 3.05) is 10.5 Å². The van der Waals surface area contributed by atoms with Crippen LogP contribution in [0.2, 0.25) is 5.15 Å². The first-order valence-corrected chi connectivity index (χ1v) is 7.35. The second kappa shape index (κ2) is 5.54. The van der Waals surface area contributed by atoms with Crippen molar-refractivity contribution in [1.29, 1.82) is 0 Å². The number of rotatable bonds is 4. The van der Waals surface area contributed by atoms with Crippen LogP contribution in [0.15, 0.2) is 35.5 Å². The van der Waals surface area contributed by atoms with E-state index in [-0.39, 0.29) is 27.1 Å². The van der Waals surface area contributed by atoms with Gasteiger partial charge in [-0.05, 0) is 18.2 Å². The Bertz CT molecular complexity index is 809. The second-order valence-corrected chi connectivity index (χ2v) is 5.99. The molecule has 0 radical (unpaired) electrons. The highest BCUT2D eigenvalue weighted by molar-refractivity contribution is 7.92. The number of nitrogen functional groups attached to an aromatic ring is 1. The lowest BCUT2D eigenvalue weighted by Gasteiger charge is -2.10. The molecule has 5 N–H and O–H groups in total. The third kappa shape index (κ3) is 3.38. The number of aromatic nitrogens is 2. The average molecular weight is 328 g/mol. The minimum Gasteiger partial charge on any atom is -0.398 e. The highest BCUT2D eigenvalue weighted by atomic mass is 35.5. The number of nitrogens with zero attached hydrogens (tertiary/aromatic N) is 2. The molecule has 1 amide bonds. The summed E-state index contributed by atoms with van der Waals surface area (Å²) in [6.45, 7) is 0. The van der Waals surface area contributed by atoms with Crippen LogP contribution in [0.5, 0.6) is 0 Å². The number of benzene rings is 1. The van der Waals surface area contributed by atoms with Gasteiger partial charge in [0.25, 0.3) is 10.0 Å². The zero-order valence-corrected chi connectivity index (χ0v) is 12.0. The number of nitrogens with two attached hydrogens (primary N) is 2. The predicted octanol–water partition coefficient (Wildman–Crippen LogP) is 0.612. The van der Waals surface area contributed by atoms with E-state index in [9.17, 15) is 13.2 Å². The molecule has 0 saturated heterocycles. The first-order chi connectivity index (χ1) is 9.79. The Morgan fingerprint density at radius 3 is 2.52 bits per heavy atom. The Kier molecular flexibility index (Phi) is 3.96. The lowest BCUT2D eigenvalue weighted by molar-refractivity contribution is 0.1000. The number of nitrogens with one attached hydrogen (secondary N) is 1. The molecule has 21 heavy (non-hydrogen) atoms. The molecule has 0 bridgehead atoms. The molecule has 0 atom stereocenters. The maximum atomic E-state index is 12.2. The third-order valence-corrected chi connectivity index (χ3v) is 4.09. The summed E-state index contributed by atoms with van der Waals surface area (Å²) in [5.74, 6) is -0.713. The van der Waals surface area contributed by atoms with E-state index in [1.165, 1.54) is 24.3 Å². The lowest BCUT2D eigenvalue weighted by atomic mass is 10.2. The van der Waals surface area contributed by atoms with Crippen LogP contribution in [-0.4, -0.2) is 24.3 Å². The van der Waals surface area contributed by atoms with E-state index in [2.05, 4.69) is 14.7 Å². The first-order valence-electron chi connectivity index (χ1n) is 5.49. The Labute approximate surface area is 125 Å². The predicted molar refractivity (Wildman–Crippen MR) is 77.2 cm³/mol. The zero-order valence-electron chi connectivity index (χ0n) is 10.4. The number of carbonyl (C=O) groups is 1. The SMILES string of the molecule is NC(=O)c1ccc(S(=O)(=O)Nc2cc(Cl)ncn2)c(N)c1. The number of amides is 1. The maximum absolute atomic E-state index is 12.2. The van der Waals surface area contributed by atoms with Crippen LogP contribution in [0.25, 0.3) is 0 Å². The monoisotopic (exact) mass is 327 g/mol. The fourth-order valence-electron chi connectivity index (χ4n) is 1.53. The molecule has 1 heterocycles. The summed E-state index contributed by atoms with van der Waals surface area (Å²) in [4.78, 5) is 18.2. The van der Waals surface area contributed by atoms with Crippen molar-refractivity contribution in [2.24, 2.45) is 5.73 Å². The van der Waals surface area contributed by atoms with Crippen molar-refractivity contribution in [3.8, 4) is 0 Å². The number of hydrogen-bond acceptors (Lipinski definition) is 6. The summed E-state index contributed by atoms with van der Waals surface area (Å²) >= 11 is 5.64. The molecule has 0 spiro atoms. The van der Waals surface area contributed by atoms with E-state index < -0.39 is 15.9 Å². The van der Waals surface area contributed by atoms with Gasteiger partial charge in [0.15, 0.2) is 0 Å². The van der Waals surface area contributed by atoms with E-state index in [0.717, 1.165) is 6.33 Å². The summed E-state index contributed by atoms with van der Waals surface area (Å²) < 4.78 is 26.6. The Morgan fingerprint density at radius 1 is 1.24 bits per heavy atom. The Morgan fingerprint density at radius 2 is 1.95 bits per heavy atom. The van der Waals surface area contributed by atoms with E-state index in [1.54, 1.807) is 0 Å². The van der Waals surface area contributed by atoms with E-state index in [4.69, 9.17) is 23.1 Å². The number of carbonyl (C=O) groups excluding carboxylic acids is 1. The molecule has 0 saturated carbocycles. The summed E-state index contributed by atoms with van der Waals surface area (Å²) in [6, 6.07) is 4.87. The molecule has 1 aromatic heterocycles. The van der Waals surface area contributed by atoms with Gasteiger partial charge < -0.3 is 11.5 Å². The first kappa shape index (κ1) is 15.0. The molecule has 110 valence electrons. The quantitative estimate of drug-likeness (QED) is 0.555. The average Bonchev–Trinajstić information content (AvgIpc) is 2.37. The van der Waals surface area contributed by atoms with Crippen LogP contribution < -0.4 is 16.2 Å². The van der Waals surface area contributed by atoms with E-state index in [0.29, 0.717) is 0 Å². The number of sulfonamides is 1.